The molecule has 1 rings (SSSR count). The normalized spacial score (nSPS) is 12.0. The van der Waals surface area contributed by atoms with Crippen molar-refractivity contribution in [2.75, 3.05) is 25.1 Å². The molecule has 0 bridgehead atoms. The predicted molar refractivity (Wildman–Crippen MR) is 79.6 cm³/mol. The summed E-state index contributed by atoms with van der Waals surface area (Å²) < 4.78 is 22.8. The average molecular weight is 284 g/mol. The zero-order valence-corrected chi connectivity index (χ0v) is 12.6. The minimum Gasteiger partial charge on any atom is -0.326 e. The Morgan fingerprint density at radius 1 is 1.16 bits per heavy atom. The van der Waals surface area contributed by atoms with Crippen LogP contribution in [-0.4, -0.2) is 38.4 Å². The average Bonchev–Trinajstić information content (AvgIpc) is 2.39. The second-order valence-corrected chi connectivity index (χ2v) is 7.32. The van der Waals surface area contributed by atoms with Gasteiger partial charge < -0.3 is 10.6 Å². The fraction of sp³-hybridized carbons (Fsp3) is 0.571. The maximum atomic E-state index is 11.4. The van der Waals surface area contributed by atoms with Gasteiger partial charge in [0.05, 0.1) is 5.75 Å². The standard InChI is InChI=1S/C14H24N2O2S/c1-3-19(17,18)10-4-9-16(2)12-14-7-5-13(11-15)6-8-14/h5-8H,3-4,9-12,15H2,1-2H3. The molecule has 0 heterocycles. The zero-order chi connectivity index (χ0) is 14.3. The van der Waals surface area contributed by atoms with E-state index in [1.165, 1.54) is 5.56 Å². The van der Waals surface area contributed by atoms with Crippen LogP contribution in [0, 0.1) is 0 Å². The van der Waals surface area contributed by atoms with Gasteiger partial charge in [0.15, 0.2) is 0 Å². The Kier molecular flexibility index (Phi) is 6.48. The van der Waals surface area contributed by atoms with Crippen molar-refractivity contribution < 1.29 is 8.42 Å². The van der Waals surface area contributed by atoms with Crippen LogP contribution in [0.25, 0.3) is 0 Å². The summed E-state index contributed by atoms with van der Waals surface area (Å²) in [7, 11) is -0.828. The fourth-order valence-electron chi connectivity index (χ4n) is 1.87. The number of nitrogens with two attached hydrogens (primary N) is 1. The summed E-state index contributed by atoms with van der Waals surface area (Å²) in [5.41, 5.74) is 7.90. The van der Waals surface area contributed by atoms with Crippen LogP contribution < -0.4 is 5.73 Å². The predicted octanol–water partition coefficient (Wildman–Crippen LogP) is 1.40. The topological polar surface area (TPSA) is 63.4 Å². The van der Waals surface area contributed by atoms with Gasteiger partial charge in [-0.2, -0.15) is 0 Å². The van der Waals surface area contributed by atoms with Crippen LogP contribution in [0.3, 0.4) is 0 Å². The molecule has 4 nitrogen and oxygen atoms in total. The van der Waals surface area contributed by atoms with Gasteiger partial charge in [-0.25, -0.2) is 8.42 Å². The molecule has 0 aliphatic carbocycles. The van der Waals surface area contributed by atoms with Crippen molar-refractivity contribution in [2.45, 2.75) is 26.4 Å². The molecule has 108 valence electrons. The second kappa shape index (κ2) is 7.62. The number of rotatable bonds is 8. The Bertz CT molecular complexity index is 469. The van der Waals surface area contributed by atoms with Gasteiger partial charge in [0.1, 0.15) is 9.84 Å². The summed E-state index contributed by atoms with van der Waals surface area (Å²) in [5, 5.41) is 0. The molecule has 1 aromatic rings. The van der Waals surface area contributed by atoms with Crippen LogP contribution in [-0.2, 0) is 22.9 Å². The highest BCUT2D eigenvalue weighted by molar-refractivity contribution is 7.91. The molecule has 2 N–H and O–H groups in total. The lowest BCUT2D eigenvalue weighted by Gasteiger charge is -2.16. The summed E-state index contributed by atoms with van der Waals surface area (Å²) in [5.74, 6) is 0.511. The molecule has 19 heavy (non-hydrogen) atoms. The third kappa shape index (κ3) is 6.18. The van der Waals surface area contributed by atoms with Gasteiger partial charge in [-0.15, -0.1) is 0 Å². The first-order valence-corrected chi connectivity index (χ1v) is 8.46. The van der Waals surface area contributed by atoms with E-state index < -0.39 is 9.84 Å². The monoisotopic (exact) mass is 284 g/mol. The van der Waals surface area contributed by atoms with E-state index in [2.05, 4.69) is 17.0 Å². The molecule has 0 saturated carbocycles. The summed E-state index contributed by atoms with van der Waals surface area (Å²) >= 11 is 0. The van der Waals surface area contributed by atoms with Gasteiger partial charge in [0, 0.05) is 18.8 Å². The van der Waals surface area contributed by atoms with Crippen molar-refractivity contribution in [3.05, 3.63) is 35.4 Å². The van der Waals surface area contributed by atoms with Crippen LogP contribution in [0.1, 0.15) is 24.5 Å². The van der Waals surface area contributed by atoms with E-state index in [4.69, 9.17) is 5.73 Å². The van der Waals surface area contributed by atoms with E-state index in [0.29, 0.717) is 13.0 Å². The highest BCUT2D eigenvalue weighted by Crippen LogP contribution is 2.07. The lowest BCUT2D eigenvalue weighted by molar-refractivity contribution is 0.328. The molecule has 1 aromatic carbocycles. The molecule has 0 fully saturated rings. The molecule has 0 radical (unpaired) electrons. The molecular weight excluding hydrogens is 260 g/mol. The van der Waals surface area contributed by atoms with Gasteiger partial charge in [-0.05, 0) is 31.1 Å². The summed E-state index contributed by atoms with van der Waals surface area (Å²) in [6, 6.07) is 8.21. The first-order chi connectivity index (χ1) is 8.96. The van der Waals surface area contributed by atoms with Crippen molar-refractivity contribution >= 4 is 9.84 Å². The summed E-state index contributed by atoms with van der Waals surface area (Å²) in [4.78, 5) is 2.14. The smallest absolute Gasteiger partial charge is 0.150 e. The first-order valence-electron chi connectivity index (χ1n) is 6.63. The van der Waals surface area contributed by atoms with Crippen LogP contribution >= 0.6 is 0 Å². The highest BCUT2D eigenvalue weighted by atomic mass is 32.2. The lowest BCUT2D eigenvalue weighted by atomic mass is 10.1. The molecule has 5 heteroatoms. The quantitative estimate of drug-likeness (QED) is 0.784. The number of sulfone groups is 1. The largest absolute Gasteiger partial charge is 0.326 e. The van der Waals surface area contributed by atoms with Crippen molar-refractivity contribution in [2.24, 2.45) is 5.73 Å². The van der Waals surface area contributed by atoms with Crippen LogP contribution in [0.5, 0.6) is 0 Å². The third-order valence-corrected chi connectivity index (χ3v) is 4.94. The van der Waals surface area contributed by atoms with E-state index in [1.807, 2.05) is 19.2 Å². The van der Waals surface area contributed by atoms with Gasteiger partial charge in [0.25, 0.3) is 0 Å². The van der Waals surface area contributed by atoms with Crippen molar-refractivity contribution in [3.63, 3.8) is 0 Å². The SMILES string of the molecule is CCS(=O)(=O)CCCN(C)Cc1ccc(CN)cc1. The summed E-state index contributed by atoms with van der Waals surface area (Å²) in [6.45, 7) is 3.87. The second-order valence-electron chi connectivity index (χ2n) is 4.85. The molecule has 0 aliphatic heterocycles. The van der Waals surface area contributed by atoms with Gasteiger partial charge in [-0.3, -0.25) is 0 Å². The number of nitrogens with zero attached hydrogens (tertiary/aromatic N) is 1. The van der Waals surface area contributed by atoms with Crippen LogP contribution in [0.2, 0.25) is 0 Å². The van der Waals surface area contributed by atoms with Gasteiger partial charge in [0.2, 0.25) is 0 Å². The Morgan fingerprint density at radius 2 is 1.74 bits per heavy atom. The Balaban J connectivity index is 2.36. The Hall–Kier alpha value is -0.910. The Labute approximate surface area is 116 Å². The fourth-order valence-corrected chi connectivity index (χ4v) is 2.73. The first kappa shape index (κ1) is 16.1. The minimum atomic E-state index is -2.84. The molecule has 0 saturated heterocycles. The van der Waals surface area contributed by atoms with Crippen LogP contribution in [0.15, 0.2) is 24.3 Å². The van der Waals surface area contributed by atoms with E-state index in [-0.39, 0.29) is 11.5 Å². The lowest BCUT2D eigenvalue weighted by Crippen LogP contribution is -2.22. The van der Waals surface area contributed by atoms with Gasteiger partial charge in [-0.1, -0.05) is 31.2 Å². The van der Waals surface area contributed by atoms with E-state index >= 15 is 0 Å². The van der Waals surface area contributed by atoms with Gasteiger partial charge >= 0.3 is 0 Å². The number of hydrogen-bond acceptors (Lipinski definition) is 4. The highest BCUT2D eigenvalue weighted by Gasteiger charge is 2.08. The molecule has 0 aromatic heterocycles. The minimum absolute atomic E-state index is 0.233. The molecule has 0 aliphatic rings. The van der Waals surface area contributed by atoms with E-state index in [1.54, 1.807) is 6.92 Å². The maximum absolute atomic E-state index is 11.4. The zero-order valence-electron chi connectivity index (χ0n) is 11.8. The van der Waals surface area contributed by atoms with E-state index in [9.17, 15) is 8.42 Å². The third-order valence-electron chi connectivity index (χ3n) is 3.15. The van der Waals surface area contributed by atoms with Crippen molar-refractivity contribution in [1.29, 1.82) is 0 Å². The number of hydrogen-bond donors (Lipinski definition) is 1. The number of benzene rings is 1. The molecular formula is C14H24N2O2S. The molecule has 0 unspecified atom stereocenters. The molecule has 0 amide bonds. The molecule has 0 spiro atoms. The van der Waals surface area contributed by atoms with Crippen LogP contribution in [0.4, 0.5) is 0 Å². The Morgan fingerprint density at radius 3 is 2.26 bits per heavy atom. The van der Waals surface area contributed by atoms with Crippen molar-refractivity contribution in [3.8, 4) is 0 Å². The van der Waals surface area contributed by atoms with E-state index in [0.717, 1.165) is 18.7 Å². The molecule has 0 atom stereocenters. The van der Waals surface area contributed by atoms with Crippen molar-refractivity contribution in [1.82, 2.24) is 4.90 Å². The summed E-state index contributed by atoms with van der Waals surface area (Å²) in [6.07, 6.45) is 0.688. The maximum Gasteiger partial charge on any atom is 0.150 e.